The molecule has 0 bridgehead atoms. The summed E-state index contributed by atoms with van der Waals surface area (Å²) < 4.78 is 18.6. The third kappa shape index (κ3) is 4.38. The molecule has 0 aliphatic carbocycles. The molecule has 0 aliphatic rings. The van der Waals surface area contributed by atoms with Crippen LogP contribution in [-0.4, -0.2) is 49.5 Å². The van der Waals surface area contributed by atoms with Crippen molar-refractivity contribution >= 4 is 11.6 Å². The van der Waals surface area contributed by atoms with E-state index >= 15 is 0 Å². The van der Waals surface area contributed by atoms with Gasteiger partial charge in [-0.1, -0.05) is 6.92 Å². The first-order valence-electron chi connectivity index (χ1n) is 6.39. The van der Waals surface area contributed by atoms with Gasteiger partial charge in [-0.15, -0.1) is 0 Å². The van der Waals surface area contributed by atoms with Crippen LogP contribution in [0, 0.1) is 15.9 Å². The predicted molar refractivity (Wildman–Crippen MR) is 75.1 cm³/mol. The lowest BCUT2D eigenvalue weighted by Crippen LogP contribution is -2.33. The van der Waals surface area contributed by atoms with Crippen molar-refractivity contribution in [3.63, 3.8) is 0 Å². The van der Waals surface area contributed by atoms with E-state index in [1.807, 2.05) is 18.9 Å². The quantitative estimate of drug-likeness (QED) is 0.608. The van der Waals surface area contributed by atoms with Gasteiger partial charge in [0.15, 0.2) is 5.75 Å². The number of benzene rings is 1. The van der Waals surface area contributed by atoms with Gasteiger partial charge in [0.1, 0.15) is 5.82 Å². The number of halogens is 1. The Kier molecular flexibility index (Phi) is 6.04. The zero-order valence-electron chi connectivity index (χ0n) is 12.2. The van der Waals surface area contributed by atoms with E-state index < -0.39 is 22.3 Å². The largest absolute Gasteiger partial charge is 0.490 e. The third-order valence-electron chi connectivity index (χ3n) is 3.03. The Balaban J connectivity index is 2.87. The molecule has 8 heteroatoms. The summed E-state index contributed by atoms with van der Waals surface area (Å²) in [6.07, 6.45) is 0. The zero-order valence-corrected chi connectivity index (χ0v) is 12.2. The van der Waals surface area contributed by atoms with Gasteiger partial charge in [0.2, 0.25) is 0 Å². The maximum absolute atomic E-state index is 13.8. The molecule has 0 aliphatic heterocycles. The highest BCUT2D eigenvalue weighted by atomic mass is 19.1. The summed E-state index contributed by atoms with van der Waals surface area (Å²) in [5, 5.41) is 13.3. The SMILES string of the molecule is CCN(C)CCNC(=O)c1cc(OC)c([N+](=O)[O-])cc1F. The fourth-order valence-electron chi connectivity index (χ4n) is 1.64. The van der Waals surface area contributed by atoms with Crippen molar-refractivity contribution in [2.24, 2.45) is 0 Å². The maximum atomic E-state index is 13.8. The number of hydrogen-bond donors (Lipinski definition) is 1. The Bertz CT molecular complexity index is 536. The number of ether oxygens (including phenoxy) is 1. The van der Waals surface area contributed by atoms with Crippen molar-refractivity contribution in [2.75, 3.05) is 33.8 Å². The van der Waals surface area contributed by atoms with E-state index in [0.717, 1.165) is 12.6 Å². The lowest BCUT2D eigenvalue weighted by Gasteiger charge is -2.14. The monoisotopic (exact) mass is 299 g/mol. The van der Waals surface area contributed by atoms with E-state index in [9.17, 15) is 19.3 Å². The number of likely N-dealkylation sites (N-methyl/N-ethyl adjacent to an activating group) is 1. The fraction of sp³-hybridized carbons (Fsp3) is 0.462. The standard InChI is InChI=1S/C13H18FN3O4/c1-4-16(2)6-5-15-13(18)9-7-12(21-3)11(17(19)20)8-10(9)14/h7-8H,4-6H2,1-3H3,(H,15,18). The second-order valence-corrected chi connectivity index (χ2v) is 4.41. The number of carbonyl (C=O) groups excluding carboxylic acids is 1. The molecular formula is C13H18FN3O4. The highest BCUT2D eigenvalue weighted by Crippen LogP contribution is 2.29. The molecule has 21 heavy (non-hydrogen) atoms. The number of hydrogen-bond acceptors (Lipinski definition) is 5. The summed E-state index contributed by atoms with van der Waals surface area (Å²) in [6.45, 7) is 3.77. The van der Waals surface area contributed by atoms with Gasteiger partial charge in [0.05, 0.1) is 23.7 Å². The number of nitro benzene ring substituents is 1. The number of carbonyl (C=O) groups is 1. The summed E-state index contributed by atoms with van der Waals surface area (Å²) in [6, 6.07) is 1.72. The van der Waals surface area contributed by atoms with Crippen LogP contribution in [0.4, 0.5) is 10.1 Å². The van der Waals surface area contributed by atoms with Crippen molar-refractivity contribution < 1.29 is 18.8 Å². The first-order valence-corrected chi connectivity index (χ1v) is 6.39. The number of amides is 1. The lowest BCUT2D eigenvalue weighted by atomic mass is 10.1. The fourth-order valence-corrected chi connectivity index (χ4v) is 1.64. The topological polar surface area (TPSA) is 84.7 Å². The van der Waals surface area contributed by atoms with Gasteiger partial charge in [0.25, 0.3) is 5.91 Å². The van der Waals surface area contributed by atoms with Crippen molar-refractivity contribution in [1.82, 2.24) is 10.2 Å². The minimum absolute atomic E-state index is 0.155. The Labute approximate surface area is 121 Å². The molecular weight excluding hydrogens is 281 g/mol. The molecule has 0 spiro atoms. The number of nitro groups is 1. The first-order chi connectivity index (χ1) is 9.90. The molecule has 0 fully saturated rings. The minimum atomic E-state index is -0.955. The van der Waals surface area contributed by atoms with Crippen molar-refractivity contribution in [3.8, 4) is 5.75 Å². The smallest absolute Gasteiger partial charge is 0.313 e. The number of nitrogens with one attached hydrogen (secondary N) is 1. The Hall–Kier alpha value is -2.22. The normalized spacial score (nSPS) is 10.5. The zero-order chi connectivity index (χ0) is 16.0. The van der Waals surface area contributed by atoms with E-state index in [1.54, 1.807) is 0 Å². The minimum Gasteiger partial charge on any atom is -0.490 e. The molecule has 1 amide bonds. The van der Waals surface area contributed by atoms with Crippen LogP contribution in [0.2, 0.25) is 0 Å². The molecule has 0 unspecified atom stereocenters. The van der Waals surface area contributed by atoms with Gasteiger partial charge in [-0.2, -0.15) is 0 Å². The van der Waals surface area contributed by atoms with Crippen LogP contribution in [0.5, 0.6) is 5.75 Å². The van der Waals surface area contributed by atoms with Crippen LogP contribution in [0.1, 0.15) is 17.3 Å². The number of nitrogens with zero attached hydrogens (tertiary/aromatic N) is 2. The first kappa shape index (κ1) is 16.8. The van der Waals surface area contributed by atoms with Gasteiger partial charge in [0, 0.05) is 19.2 Å². The third-order valence-corrected chi connectivity index (χ3v) is 3.03. The lowest BCUT2D eigenvalue weighted by molar-refractivity contribution is -0.385. The Morgan fingerprint density at radius 1 is 1.52 bits per heavy atom. The summed E-state index contributed by atoms with van der Waals surface area (Å²) in [4.78, 5) is 23.9. The molecule has 0 aromatic heterocycles. The average molecular weight is 299 g/mol. The van der Waals surface area contributed by atoms with Crippen LogP contribution in [0.3, 0.4) is 0 Å². The Morgan fingerprint density at radius 2 is 2.19 bits per heavy atom. The Morgan fingerprint density at radius 3 is 2.71 bits per heavy atom. The second-order valence-electron chi connectivity index (χ2n) is 4.41. The molecule has 1 aromatic carbocycles. The van der Waals surface area contributed by atoms with Crippen molar-refractivity contribution in [3.05, 3.63) is 33.6 Å². The predicted octanol–water partition coefficient (Wildman–Crippen LogP) is 1.42. The van der Waals surface area contributed by atoms with Crippen LogP contribution < -0.4 is 10.1 Å². The average Bonchev–Trinajstić information content (AvgIpc) is 2.46. The number of rotatable bonds is 7. The summed E-state index contributed by atoms with van der Waals surface area (Å²) in [5.74, 6) is -1.74. The second kappa shape index (κ2) is 7.53. The molecule has 1 rings (SSSR count). The van der Waals surface area contributed by atoms with Crippen LogP contribution in [-0.2, 0) is 0 Å². The van der Waals surface area contributed by atoms with Crippen molar-refractivity contribution in [2.45, 2.75) is 6.92 Å². The highest BCUT2D eigenvalue weighted by Gasteiger charge is 2.22. The van der Waals surface area contributed by atoms with E-state index in [4.69, 9.17) is 4.74 Å². The highest BCUT2D eigenvalue weighted by molar-refractivity contribution is 5.95. The molecule has 0 atom stereocenters. The molecule has 0 heterocycles. The maximum Gasteiger partial charge on any atom is 0.313 e. The molecule has 0 saturated carbocycles. The van der Waals surface area contributed by atoms with Crippen LogP contribution >= 0.6 is 0 Å². The molecule has 116 valence electrons. The van der Waals surface area contributed by atoms with E-state index in [1.165, 1.54) is 7.11 Å². The van der Waals surface area contributed by atoms with E-state index in [0.29, 0.717) is 19.2 Å². The van der Waals surface area contributed by atoms with Gasteiger partial charge in [-0.05, 0) is 13.6 Å². The number of methoxy groups -OCH3 is 1. The summed E-state index contributed by atoms with van der Waals surface area (Å²) in [5.41, 5.74) is -0.797. The van der Waals surface area contributed by atoms with E-state index in [-0.39, 0.29) is 11.3 Å². The molecule has 0 radical (unpaired) electrons. The van der Waals surface area contributed by atoms with Gasteiger partial charge in [-0.3, -0.25) is 14.9 Å². The van der Waals surface area contributed by atoms with Gasteiger partial charge < -0.3 is 15.0 Å². The summed E-state index contributed by atoms with van der Waals surface area (Å²) >= 11 is 0. The van der Waals surface area contributed by atoms with E-state index in [2.05, 4.69) is 5.32 Å². The van der Waals surface area contributed by atoms with Crippen molar-refractivity contribution in [1.29, 1.82) is 0 Å². The van der Waals surface area contributed by atoms with Gasteiger partial charge >= 0.3 is 5.69 Å². The summed E-state index contributed by atoms with van der Waals surface area (Å²) in [7, 11) is 3.11. The van der Waals surface area contributed by atoms with Crippen LogP contribution in [0.15, 0.2) is 12.1 Å². The molecule has 1 aromatic rings. The van der Waals surface area contributed by atoms with Crippen LogP contribution in [0.25, 0.3) is 0 Å². The van der Waals surface area contributed by atoms with Gasteiger partial charge in [-0.25, -0.2) is 4.39 Å². The molecule has 7 nitrogen and oxygen atoms in total. The molecule has 1 N–H and O–H groups in total. The molecule has 0 saturated heterocycles.